The molecule has 4 heterocycles. The largest absolute Gasteiger partial charge is 0.456 e. The molecule has 0 spiro atoms. The Morgan fingerprint density at radius 1 is 0.420 bits per heavy atom. The Balaban J connectivity index is 1.24. The van der Waals surface area contributed by atoms with Crippen LogP contribution in [0.5, 0.6) is 0 Å². The van der Waals surface area contributed by atoms with Gasteiger partial charge in [0.15, 0.2) is 17.5 Å². The molecule has 0 radical (unpaired) electrons. The highest BCUT2D eigenvalue weighted by Crippen LogP contribution is 2.42. The summed E-state index contributed by atoms with van der Waals surface area (Å²) in [6.07, 6.45) is 1.91. The molecule has 0 aliphatic rings. The Kier molecular flexibility index (Phi) is 6.60. The quantitative estimate of drug-likeness (QED) is 0.184. The predicted molar refractivity (Wildman–Crippen MR) is 205 cm³/mol. The molecule has 0 saturated carbocycles. The average molecular weight is 659 g/mol. The predicted octanol–water partition coefficient (Wildman–Crippen LogP) is 11.9. The van der Waals surface area contributed by atoms with Crippen molar-refractivity contribution in [1.82, 2.24) is 19.9 Å². The first-order valence-electron chi connectivity index (χ1n) is 16.5. The number of thiophene rings is 1. The Morgan fingerprint density at radius 2 is 1.02 bits per heavy atom. The summed E-state index contributed by atoms with van der Waals surface area (Å²) < 4.78 is 8.55. The third-order valence-electron chi connectivity index (χ3n) is 9.17. The number of pyridine rings is 1. The van der Waals surface area contributed by atoms with Gasteiger partial charge in [-0.3, -0.25) is 4.98 Å². The van der Waals surface area contributed by atoms with Gasteiger partial charge in [-0.15, -0.1) is 11.3 Å². The van der Waals surface area contributed by atoms with Gasteiger partial charge >= 0.3 is 0 Å². The molecule has 0 fully saturated rings. The van der Waals surface area contributed by atoms with Crippen molar-refractivity contribution < 1.29 is 4.42 Å². The third kappa shape index (κ3) is 4.85. The maximum Gasteiger partial charge on any atom is 0.164 e. The van der Waals surface area contributed by atoms with Crippen molar-refractivity contribution in [1.29, 1.82) is 0 Å². The van der Waals surface area contributed by atoms with Crippen LogP contribution in [-0.2, 0) is 0 Å². The van der Waals surface area contributed by atoms with Gasteiger partial charge < -0.3 is 4.42 Å². The van der Waals surface area contributed by atoms with Gasteiger partial charge in [-0.25, -0.2) is 15.0 Å². The fourth-order valence-electron chi connectivity index (χ4n) is 6.75. The lowest BCUT2D eigenvalue weighted by Crippen LogP contribution is -2.00. The summed E-state index contributed by atoms with van der Waals surface area (Å²) >= 11 is 1.77. The first kappa shape index (κ1) is 28.5. The van der Waals surface area contributed by atoms with E-state index in [1.807, 2.05) is 79.0 Å². The highest BCUT2D eigenvalue weighted by molar-refractivity contribution is 7.26. The van der Waals surface area contributed by atoms with Gasteiger partial charge in [0.05, 0.1) is 10.2 Å². The molecular weight excluding hydrogens is 633 g/mol. The fourth-order valence-corrected chi connectivity index (χ4v) is 7.95. The molecule has 50 heavy (non-hydrogen) atoms. The van der Waals surface area contributed by atoms with Crippen LogP contribution in [0.3, 0.4) is 0 Å². The van der Waals surface area contributed by atoms with Gasteiger partial charge in [-0.2, -0.15) is 0 Å². The van der Waals surface area contributed by atoms with E-state index in [1.165, 1.54) is 10.1 Å². The monoisotopic (exact) mass is 658 g/mol. The van der Waals surface area contributed by atoms with E-state index in [0.717, 1.165) is 71.1 Å². The lowest BCUT2D eigenvalue weighted by molar-refractivity contribution is 0.669. The SMILES string of the molecule is c1ccc(-c2nc(-c3ccccc3)nc(-c3cc(-c4ccc5oc6ccccc6c5c4)cc(-c4ccnc5c4sc4ccccc45)c3)n2)cc1. The standard InChI is InChI=1S/C44H26N4OS/c1-3-11-27(12-4-1)42-46-43(28-13-5-2-6-14-28)48-44(47-42)32-24-30(29-19-20-38-36(26-29)34-15-7-9-17-37(34)49-38)23-31(25-32)33-21-22-45-40-35-16-8-10-18-39(35)50-41(33)40/h1-26H. The summed E-state index contributed by atoms with van der Waals surface area (Å²) in [5.74, 6) is 1.87. The summed E-state index contributed by atoms with van der Waals surface area (Å²) in [6.45, 7) is 0. The topological polar surface area (TPSA) is 64.7 Å². The number of furan rings is 1. The molecule has 0 bridgehead atoms. The van der Waals surface area contributed by atoms with E-state index >= 15 is 0 Å². The molecule has 6 heteroatoms. The van der Waals surface area contributed by atoms with Crippen LogP contribution in [-0.4, -0.2) is 19.9 Å². The van der Waals surface area contributed by atoms with Crippen molar-refractivity contribution in [2.24, 2.45) is 0 Å². The van der Waals surface area contributed by atoms with Gasteiger partial charge in [0, 0.05) is 49.3 Å². The highest BCUT2D eigenvalue weighted by atomic mass is 32.1. The third-order valence-corrected chi connectivity index (χ3v) is 10.4. The molecule has 0 amide bonds. The van der Waals surface area contributed by atoms with Crippen LogP contribution in [0.2, 0.25) is 0 Å². The summed E-state index contributed by atoms with van der Waals surface area (Å²) in [5.41, 5.74) is 9.84. The Labute approximate surface area is 291 Å². The van der Waals surface area contributed by atoms with Gasteiger partial charge in [0.25, 0.3) is 0 Å². The number of hydrogen-bond acceptors (Lipinski definition) is 6. The Hall–Kier alpha value is -6.50. The maximum absolute atomic E-state index is 6.18. The van der Waals surface area contributed by atoms with Crippen LogP contribution < -0.4 is 0 Å². The van der Waals surface area contributed by atoms with Crippen molar-refractivity contribution in [2.75, 3.05) is 0 Å². The molecule has 0 N–H and O–H groups in total. The molecule has 234 valence electrons. The molecular formula is C44H26N4OS. The van der Waals surface area contributed by atoms with E-state index in [9.17, 15) is 0 Å². The first-order valence-corrected chi connectivity index (χ1v) is 17.3. The van der Waals surface area contributed by atoms with E-state index in [4.69, 9.17) is 24.4 Å². The van der Waals surface area contributed by atoms with Crippen LogP contribution in [0, 0.1) is 0 Å². The second kappa shape index (κ2) is 11.6. The molecule has 10 rings (SSSR count). The van der Waals surface area contributed by atoms with Crippen molar-refractivity contribution >= 4 is 53.6 Å². The van der Waals surface area contributed by atoms with Gasteiger partial charge in [-0.05, 0) is 65.2 Å². The number of benzene rings is 6. The second-order valence-electron chi connectivity index (χ2n) is 12.3. The van der Waals surface area contributed by atoms with Crippen molar-refractivity contribution in [3.8, 4) is 56.4 Å². The van der Waals surface area contributed by atoms with E-state index in [-0.39, 0.29) is 0 Å². The van der Waals surface area contributed by atoms with Gasteiger partial charge in [0.2, 0.25) is 0 Å². The minimum atomic E-state index is 0.609. The molecule has 6 aromatic carbocycles. The number of para-hydroxylation sites is 1. The first-order chi connectivity index (χ1) is 24.7. The van der Waals surface area contributed by atoms with E-state index in [2.05, 4.69) is 78.9 Å². The van der Waals surface area contributed by atoms with Gasteiger partial charge in [0.1, 0.15) is 11.2 Å². The highest BCUT2D eigenvalue weighted by Gasteiger charge is 2.18. The smallest absolute Gasteiger partial charge is 0.164 e. The van der Waals surface area contributed by atoms with Crippen LogP contribution >= 0.6 is 11.3 Å². The van der Waals surface area contributed by atoms with Crippen LogP contribution in [0.15, 0.2) is 162 Å². The lowest BCUT2D eigenvalue weighted by Gasteiger charge is -2.13. The summed E-state index contributed by atoms with van der Waals surface area (Å²) in [7, 11) is 0. The minimum absolute atomic E-state index is 0.609. The summed E-state index contributed by atoms with van der Waals surface area (Å²) in [6, 6.07) is 52.1. The normalized spacial score (nSPS) is 11.6. The molecule has 0 atom stereocenters. The Bertz CT molecular complexity index is 2820. The minimum Gasteiger partial charge on any atom is -0.456 e. The van der Waals surface area contributed by atoms with Gasteiger partial charge in [-0.1, -0.05) is 103 Å². The zero-order valence-electron chi connectivity index (χ0n) is 26.6. The molecule has 0 saturated heterocycles. The Morgan fingerprint density at radius 3 is 1.78 bits per heavy atom. The van der Waals surface area contributed by atoms with E-state index < -0.39 is 0 Å². The van der Waals surface area contributed by atoms with E-state index in [1.54, 1.807) is 11.3 Å². The van der Waals surface area contributed by atoms with Crippen LogP contribution in [0.25, 0.3) is 98.7 Å². The number of nitrogens with zero attached hydrogens (tertiary/aromatic N) is 4. The number of fused-ring (bicyclic) bond motifs is 6. The van der Waals surface area contributed by atoms with Crippen LogP contribution in [0.1, 0.15) is 0 Å². The van der Waals surface area contributed by atoms with Crippen molar-refractivity contribution in [3.63, 3.8) is 0 Å². The number of hydrogen-bond donors (Lipinski definition) is 0. The molecule has 10 aromatic rings. The average Bonchev–Trinajstić information content (AvgIpc) is 3.76. The van der Waals surface area contributed by atoms with Crippen LogP contribution in [0.4, 0.5) is 0 Å². The van der Waals surface area contributed by atoms with Crippen molar-refractivity contribution in [3.05, 3.63) is 158 Å². The molecule has 0 unspecified atom stereocenters. The fraction of sp³-hybridized carbons (Fsp3) is 0. The second-order valence-corrected chi connectivity index (χ2v) is 13.3. The molecule has 4 aromatic heterocycles. The lowest BCUT2D eigenvalue weighted by atomic mass is 9.95. The number of rotatable bonds is 5. The number of aromatic nitrogens is 4. The maximum atomic E-state index is 6.18. The molecule has 5 nitrogen and oxygen atoms in total. The molecule has 0 aliphatic heterocycles. The van der Waals surface area contributed by atoms with Crippen molar-refractivity contribution in [2.45, 2.75) is 0 Å². The van der Waals surface area contributed by atoms with E-state index in [0.29, 0.717) is 17.5 Å². The zero-order valence-corrected chi connectivity index (χ0v) is 27.4. The molecule has 0 aliphatic carbocycles. The zero-order chi connectivity index (χ0) is 33.0. The summed E-state index contributed by atoms with van der Waals surface area (Å²) in [4.78, 5) is 20.0. The summed E-state index contributed by atoms with van der Waals surface area (Å²) in [5, 5.41) is 3.35.